The van der Waals surface area contributed by atoms with Gasteiger partial charge in [-0.25, -0.2) is 8.42 Å². The highest BCUT2D eigenvalue weighted by Crippen LogP contribution is 2.28. The van der Waals surface area contributed by atoms with Gasteiger partial charge in [-0.15, -0.1) is 11.3 Å². The van der Waals surface area contributed by atoms with Gasteiger partial charge in [0.2, 0.25) is 0 Å². The van der Waals surface area contributed by atoms with E-state index in [1.54, 1.807) is 18.2 Å². The molecule has 1 aromatic heterocycles. The zero-order valence-corrected chi connectivity index (χ0v) is 14.9. The molecule has 23 heavy (non-hydrogen) atoms. The van der Waals surface area contributed by atoms with Crippen molar-refractivity contribution in [1.29, 1.82) is 0 Å². The van der Waals surface area contributed by atoms with Gasteiger partial charge in [-0.05, 0) is 43.3 Å². The Kier molecular flexibility index (Phi) is 4.82. The van der Waals surface area contributed by atoms with Crippen LogP contribution in [0.25, 0.3) is 0 Å². The van der Waals surface area contributed by atoms with Gasteiger partial charge in [-0.1, -0.05) is 11.6 Å². The Balaban J connectivity index is 1.72. The molecular weight excluding hydrogens is 356 g/mol. The fourth-order valence-corrected chi connectivity index (χ4v) is 4.98. The summed E-state index contributed by atoms with van der Waals surface area (Å²) in [6.45, 7) is 4.41. The number of anilines is 2. The number of rotatable bonds is 4. The fraction of sp³-hybridized carbons (Fsp3) is 0.333. The third-order valence-corrected chi connectivity index (χ3v) is 6.64. The van der Waals surface area contributed by atoms with Gasteiger partial charge in [-0.2, -0.15) is 0 Å². The van der Waals surface area contributed by atoms with Crippen molar-refractivity contribution in [2.45, 2.75) is 17.2 Å². The van der Waals surface area contributed by atoms with Crippen molar-refractivity contribution >= 4 is 44.3 Å². The summed E-state index contributed by atoms with van der Waals surface area (Å²) in [5, 5.41) is 0. The number of hydrogen-bond donors (Lipinski definition) is 1. The van der Waals surface area contributed by atoms with Gasteiger partial charge in [0.05, 0.1) is 17.0 Å². The number of thiophene rings is 1. The molecule has 1 unspecified atom stereocenters. The van der Waals surface area contributed by atoms with Crippen LogP contribution in [0, 0.1) is 0 Å². The van der Waals surface area contributed by atoms with Crippen molar-refractivity contribution < 1.29 is 13.2 Å². The minimum atomic E-state index is -3.59. The van der Waals surface area contributed by atoms with E-state index in [-0.39, 0.29) is 10.3 Å². The highest BCUT2D eigenvalue weighted by Gasteiger charge is 2.19. The van der Waals surface area contributed by atoms with Gasteiger partial charge in [0.1, 0.15) is 4.21 Å². The number of nitrogens with zero attached hydrogens (tertiary/aromatic N) is 1. The lowest BCUT2D eigenvalue weighted by molar-refractivity contribution is 0.0532. The second-order valence-corrected chi connectivity index (χ2v) is 8.96. The first-order chi connectivity index (χ1) is 10.9. The van der Waals surface area contributed by atoms with E-state index >= 15 is 0 Å². The van der Waals surface area contributed by atoms with Crippen LogP contribution in [-0.4, -0.2) is 34.2 Å². The molecule has 8 heteroatoms. The Morgan fingerprint density at radius 2 is 2.00 bits per heavy atom. The number of morpholine rings is 1. The minimum Gasteiger partial charge on any atom is -0.375 e. The molecule has 1 N–H and O–H groups in total. The Hall–Kier alpha value is -1.28. The van der Waals surface area contributed by atoms with Crippen LogP contribution in [0.4, 0.5) is 11.4 Å². The van der Waals surface area contributed by atoms with E-state index in [0.29, 0.717) is 16.6 Å². The van der Waals surface area contributed by atoms with Gasteiger partial charge >= 0.3 is 0 Å². The molecule has 0 bridgehead atoms. The normalized spacial score (nSPS) is 18.9. The Labute approximate surface area is 144 Å². The summed E-state index contributed by atoms with van der Waals surface area (Å²) >= 11 is 6.83. The molecule has 1 aliphatic rings. The molecule has 1 atom stereocenters. The van der Waals surface area contributed by atoms with Gasteiger partial charge < -0.3 is 9.64 Å². The number of halogens is 1. The van der Waals surface area contributed by atoms with Crippen LogP contribution in [-0.2, 0) is 14.8 Å². The van der Waals surface area contributed by atoms with Crippen LogP contribution in [0.1, 0.15) is 6.92 Å². The minimum absolute atomic E-state index is 0.200. The first-order valence-electron chi connectivity index (χ1n) is 7.19. The standard InChI is InChI=1S/C15H17ClN2O3S2/c1-11-10-18(8-9-21-11)13-4-2-12(3-5-13)17-23(19,20)15-7-6-14(16)22-15/h2-7,11,17H,8-10H2,1H3. The number of hydrogen-bond acceptors (Lipinski definition) is 5. The summed E-state index contributed by atoms with van der Waals surface area (Å²) in [5.74, 6) is 0. The number of sulfonamides is 1. The Morgan fingerprint density at radius 3 is 2.61 bits per heavy atom. The van der Waals surface area contributed by atoms with Gasteiger partial charge in [-0.3, -0.25) is 4.72 Å². The second kappa shape index (κ2) is 6.68. The molecule has 5 nitrogen and oxygen atoms in total. The molecule has 2 aromatic rings. The average Bonchev–Trinajstić information content (AvgIpc) is 2.95. The van der Waals surface area contributed by atoms with Crippen LogP contribution in [0.15, 0.2) is 40.6 Å². The lowest BCUT2D eigenvalue weighted by Gasteiger charge is -2.33. The molecule has 1 fully saturated rings. The molecule has 0 saturated carbocycles. The van der Waals surface area contributed by atoms with Gasteiger partial charge in [0.25, 0.3) is 10.0 Å². The Bertz CT molecular complexity index is 774. The van der Waals surface area contributed by atoms with E-state index in [9.17, 15) is 8.42 Å². The molecule has 1 aliphatic heterocycles. The molecule has 0 amide bonds. The van der Waals surface area contributed by atoms with Crippen molar-refractivity contribution in [3.8, 4) is 0 Å². The summed E-state index contributed by atoms with van der Waals surface area (Å²) in [5.41, 5.74) is 1.59. The maximum atomic E-state index is 12.3. The molecule has 1 saturated heterocycles. The highest BCUT2D eigenvalue weighted by atomic mass is 35.5. The zero-order valence-electron chi connectivity index (χ0n) is 12.5. The van der Waals surface area contributed by atoms with Crippen molar-refractivity contribution in [3.63, 3.8) is 0 Å². The van der Waals surface area contributed by atoms with E-state index < -0.39 is 10.0 Å². The zero-order chi connectivity index (χ0) is 16.4. The largest absolute Gasteiger partial charge is 0.375 e. The molecule has 2 heterocycles. The number of ether oxygens (including phenoxy) is 1. The summed E-state index contributed by atoms with van der Waals surface area (Å²) < 4.78 is 33.3. The van der Waals surface area contributed by atoms with E-state index in [0.717, 1.165) is 30.1 Å². The number of nitrogens with one attached hydrogen (secondary N) is 1. The van der Waals surface area contributed by atoms with E-state index in [4.69, 9.17) is 16.3 Å². The maximum absolute atomic E-state index is 12.3. The first-order valence-corrected chi connectivity index (χ1v) is 9.86. The Morgan fingerprint density at radius 1 is 1.26 bits per heavy atom. The predicted molar refractivity (Wildman–Crippen MR) is 94.2 cm³/mol. The van der Waals surface area contributed by atoms with E-state index in [2.05, 4.69) is 9.62 Å². The van der Waals surface area contributed by atoms with Crippen molar-refractivity contribution in [1.82, 2.24) is 0 Å². The monoisotopic (exact) mass is 372 g/mol. The smallest absolute Gasteiger partial charge is 0.271 e. The third kappa shape index (κ3) is 3.98. The maximum Gasteiger partial charge on any atom is 0.271 e. The van der Waals surface area contributed by atoms with Crippen LogP contribution in [0.2, 0.25) is 4.34 Å². The topological polar surface area (TPSA) is 58.6 Å². The summed E-state index contributed by atoms with van der Waals surface area (Å²) in [6.07, 6.45) is 0.200. The van der Waals surface area contributed by atoms with E-state index in [1.807, 2.05) is 19.1 Å². The third-order valence-electron chi connectivity index (χ3n) is 3.54. The lowest BCUT2D eigenvalue weighted by atomic mass is 10.2. The molecule has 0 radical (unpaired) electrons. The van der Waals surface area contributed by atoms with Crippen LogP contribution < -0.4 is 9.62 Å². The second-order valence-electron chi connectivity index (χ2n) is 5.34. The van der Waals surface area contributed by atoms with Crippen LogP contribution >= 0.6 is 22.9 Å². The molecule has 0 aliphatic carbocycles. The molecule has 124 valence electrons. The molecule has 0 spiro atoms. The lowest BCUT2D eigenvalue weighted by Crippen LogP contribution is -2.41. The fourth-order valence-electron chi connectivity index (χ4n) is 2.44. The van der Waals surface area contributed by atoms with Crippen molar-refractivity contribution in [2.24, 2.45) is 0 Å². The van der Waals surface area contributed by atoms with Crippen LogP contribution in [0.3, 0.4) is 0 Å². The number of benzene rings is 1. The predicted octanol–water partition coefficient (Wildman–Crippen LogP) is 3.43. The average molecular weight is 373 g/mol. The quantitative estimate of drug-likeness (QED) is 0.893. The molecular formula is C15H17ClN2O3S2. The van der Waals surface area contributed by atoms with E-state index in [1.165, 1.54) is 6.07 Å². The summed E-state index contributed by atoms with van der Waals surface area (Å²) in [6, 6.07) is 10.4. The van der Waals surface area contributed by atoms with Crippen LogP contribution in [0.5, 0.6) is 0 Å². The molecule has 3 rings (SSSR count). The summed E-state index contributed by atoms with van der Waals surface area (Å²) in [4.78, 5) is 2.23. The molecule has 1 aromatic carbocycles. The summed E-state index contributed by atoms with van der Waals surface area (Å²) in [7, 11) is -3.59. The van der Waals surface area contributed by atoms with Crippen molar-refractivity contribution in [2.75, 3.05) is 29.3 Å². The highest BCUT2D eigenvalue weighted by molar-refractivity contribution is 7.94. The van der Waals surface area contributed by atoms with Crippen molar-refractivity contribution in [3.05, 3.63) is 40.7 Å². The van der Waals surface area contributed by atoms with Gasteiger partial charge in [0.15, 0.2) is 0 Å². The van der Waals surface area contributed by atoms with Gasteiger partial charge in [0, 0.05) is 24.5 Å². The first kappa shape index (κ1) is 16.6. The SMILES string of the molecule is CC1CN(c2ccc(NS(=O)(=O)c3ccc(Cl)s3)cc2)CCO1.